The molecule has 0 radical (unpaired) electrons. The molecule has 2 aliphatic rings. The van der Waals surface area contributed by atoms with Gasteiger partial charge in [-0.1, -0.05) is 24.3 Å². The van der Waals surface area contributed by atoms with E-state index < -0.39 is 0 Å². The van der Waals surface area contributed by atoms with E-state index in [2.05, 4.69) is 41.1 Å². The third-order valence-electron chi connectivity index (χ3n) is 4.22. The molecule has 1 aromatic rings. The predicted molar refractivity (Wildman–Crippen MR) is 73.1 cm³/mol. The zero-order chi connectivity index (χ0) is 12.4. The fourth-order valence-corrected chi connectivity index (χ4v) is 3.28. The molecule has 2 N–H and O–H groups in total. The number of hydroxylamine groups is 1. The Morgan fingerprint density at radius 2 is 2.17 bits per heavy atom. The van der Waals surface area contributed by atoms with E-state index in [0.717, 1.165) is 25.8 Å². The van der Waals surface area contributed by atoms with Gasteiger partial charge in [-0.25, -0.2) is 0 Å². The molecule has 18 heavy (non-hydrogen) atoms. The van der Waals surface area contributed by atoms with Crippen molar-refractivity contribution in [3.8, 4) is 0 Å². The number of nitrogens with one attached hydrogen (secondary N) is 2. The second-order valence-electron chi connectivity index (χ2n) is 5.25. The van der Waals surface area contributed by atoms with Crippen molar-refractivity contribution in [1.82, 2.24) is 5.48 Å². The largest absolute Gasteiger partial charge is 0.385 e. The summed E-state index contributed by atoms with van der Waals surface area (Å²) in [4.78, 5) is 5.14. The summed E-state index contributed by atoms with van der Waals surface area (Å²) < 4.78 is 0. The van der Waals surface area contributed by atoms with Crippen LogP contribution in [0.1, 0.15) is 24.8 Å². The van der Waals surface area contributed by atoms with Crippen LogP contribution in [0.15, 0.2) is 36.0 Å². The first-order chi connectivity index (χ1) is 8.84. The lowest BCUT2D eigenvalue weighted by Crippen LogP contribution is -2.31. The Labute approximate surface area is 108 Å². The molecule has 0 amide bonds. The van der Waals surface area contributed by atoms with Crippen molar-refractivity contribution < 1.29 is 4.84 Å². The Morgan fingerprint density at radius 1 is 1.28 bits per heavy atom. The number of anilines is 1. The summed E-state index contributed by atoms with van der Waals surface area (Å²) in [7, 11) is 1.69. The lowest BCUT2D eigenvalue weighted by molar-refractivity contribution is 0.0929. The highest BCUT2D eigenvalue weighted by Crippen LogP contribution is 2.45. The fraction of sp³-hybridized carbons (Fsp3) is 0.467. The number of fused-ring (bicyclic) bond motifs is 1. The zero-order valence-corrected chi connectivity index (χ0v) is 10.8. The molecule has 0 bridgehead atoms. The first kappa shape index (κ1) is 11.6. The SMILES string of the molecule is CONC1=CCCC12CCNc1ccccc1C2. The van der Waals surface area contributed by atoms with E-state index in [0.29, 0.717) is 0 Å². The van der Waals surface area contributed by atoms with E-state index in [1.807, 2.05) is 0 Å². The molecule has 3 rings (SSSR count). The molecule has 0 saturated carbocycles. The van der Waals surface area contributed by atoms with E-state index in [1.54, 1.807) is 7.11 Å². The molecular formula is C15H20N2O. The number of hydrogen-bond acceptors (Lipinski definition) is 3. The Bertz CT molecular complexity index is 469. The van der Waals surface area contributed by atoms with Crippen molar-refractivity contribution in [3.05, 3.63) is 41.6 Å². The smallest absolute Gasteiger partial charge is 0.0636 e. The van der Waals surface area contributed by atoms with E-state index in [9.17, 15) is 0 Å². The lowest BCUT2D eigenvalue weighted by Gasteiger charge is -2.31. The summed E-state index contributed by atoms with van der Waals surface area (Å²) in [5.74, 6) is 0. The van der Waals surface area contributed by atoms with E-state index in [1.165, 1.54) is 23.4 Å². The highest BCUT2D eigenvalue weighted by molar-refractivity contribution is 5.53. The lowest BCUT2D eigenvalue weighted by atomic mass is 9.77. The van der Waals surface area contributed by atoms with Crippen LogP contribution in [0.25, 0.3) is 0 Å². The fourth-order valence-electron chi connectivity index (χ4n) is 3.28. The van der Waals surface area contributed by atoms with Crippen molar-refractivity contribution >= 4 is 5.69 Å². The Balaban J connectivity index is 1.93. The van der Waals surface area contributed by atoms with Crippen molar-refractivity contribution in [2.75, 3.05) is 19.0 Å². The molecule has 0 aromatic heterocycles. The number of hydrogen-bond donors (Lipinski definition) is 2. The molecule has 1 aromatic carbocycles. The van der Waals surface area contributed by atoms with Gasteiger partial charge in [0, 0.05) is 23.3 Å². The molecule has 1 unspecified atom stereocenters. The first-order valence-electron chi connectivity index (χ1n) is 6.65. The molecule has 0 fully saturated rings. The molecule has 1 aliphatic carbocycles. The average Bonchev–Trinajstić information content (AvgIpc) is 2.66. The average molecular weight is 244 g/mol. The Morgan fingerprint density at radius 3 is 3.06 bits per heavy atom. The van der Waals surface area contributed by atoms with E-state index in [-0.39, 0.29) is 5.41 Å². The molecule has 1 heterocycles. The van der Waals surface area contributed by atoms with Crippen molar-refractivity contribution in [2.24, 2.45) is 5.41 Å². The van der Waals surface area contributed by atoms with Crippen LogP contribution in [-0.4, -0.2) is 13.7 Å². The van der Waals surface area contributed by atoms with Crippen molar-refractivity contribution in [1.29, 1.82) is 0 Å². The topological polar surface area (TPSA) is 33.3 Å². The van der Waals surface area contributed by atoms with Gasteiger partial charge >= 0.3 is 0 Å². The standard InChI is InChI=1S/C15H20N2O/c1-18-17-14-7-4-8-15(14)9-10-16-13-6-3-2-5-12(13)11-15/h2-3,5-7,16-17H,4,8-11H2,1H3. The van der Waals surface area contributed by atoms with Crippen LogP contribution < -0.4 is 10.8 Å². The van der Waals surface area contributed by atoms with Gasteiger partial charge in [0.25, 0.3) is 0 Å². The highest BCUT2D eigenvalue weighted by Gasteiger charge is 2.39. The zero-order valence-electron chi connectivity index (χ0n) is 10.8. The summed E-state index contributed by atoms with van der Waals surface area (Å²) >= 11 is 0. The van der Waals surface area contributed by atoms with Gasteiger partial charge in [-0.15, -0.1) is 0 Å². The minimum atomic E-state index is 0.232. The summed E-state index contributed by atoms with van der Waals surface area (Å²) in [5.41, 5.74) is 7.30. The van der Waals surface area contributed by atoms with Crippen molar-refractivity contribution in [2.45, 2.75) is 25.7 Å². The van der Waals surface area contributed by atoms with Gasteiger partial charge in [-0.3, -0.25) is 10.3 Å². The monoisotopic (exact) mass is 244 g/mol. The van der Waals surface area contributed by atoms with Crippen LogP contribution in [0.5, 0.6) is 0 Å². The maximum absolute atomic E-state index is 5.14. The van der Waals surface area contributed by atoms with E-state index >= 15 is 0 Å². The summed E-state index contributed by atoms with van der Waals surface area (Å²) in [6, 6.07) is 8.64. The van der Waals surface area contributed by atoms with Gasteiger partial charge in [0.1, 0.15) is 0 Å². The van der Waals surface area contributed by atoms with Crippen LogP contribution in [0.4, 0.5) is 5.69 Å². The van der Waals surface area contributed by atoms with Crippen LogP contribution in [0.2, 0.25) is 0 Å². The summed E-state index contributed by atoms with van der Waals surface area (Å²) in [6.07, 6.45) is 6.91. The number of benzene rings is 1. The Hall–Kier alpha value is -1.48. The number of rotatable bonds is 2. The van der Waals surface area contributed by atoms with Crippen LogP contribution in [0.3, 0.4) is 0 Å². The first-order valence-corrected chi connectivity index (χ1v) is 6.65. The van der Waals surface area contributed by atoms with Gasteiger partial charge in [-0.05, 0) is 37.3 Å². The van der Waals surface area contributed by atoms with Gasteiger partial charge < -0.3 is 5.32 Å². The van der Waals surface area contributed by atoms with Crippen molar-refractivity contribution in [3.63, 3.8) is 0 Å². The maximum Gasteiger partial charge on any atom is 0.0636 e. The molecule has 1 aliphatic heterocycles. The van der Waals surface area contributed by atoms with Gasteiger partial charge in [0.2, 0.25) is 0 Å². The van der Waals surface area contributed by atoms with Gasteiger partial charge in [0.05, 0.1) is 7.11 Å². The van der Waals surface area contributed by atoms with Crippen LogP contribution in [-0.2, 0) is 11.3 Å². The molecule has 0 saturated heterocycles. The quantitative estimate of drug-likeness (QED) is 0.785. The second kappa shape index (κ2) is 4.65. The number of allylic oxidation sites excluding steroid dienone is 2. The molecule has 3 heteroatoms. The molecule has 3 nitrogen and oxygen atoms in total. The molecule has 1 atom stereocenters. The third-order valence-corrected chi connectivity index (χ3v) is 4.22. The number of para-hydroxylation sites is 1. The second-order valence-corrected chi connectivity index (χ2v) is 5.25. The normalized spacial score (nSPS) is 26.2. The molecule has 96 valence electrons. The van der Waals surface area contributed by atoms with Crippen LogP contribution >= 0.6 is 0 Å². The Kier molecular flexibility index (Phi) is 3.00. The predicted octanol–water partition coefficient (Wildman–Crippen LogP) is 2.86. The summed E-state index contributed by atoms with van der Waals surface area (Å²) in [6.45, 7) is 1.03. The van der Waals surface area contributed by atoms with Gasteiger partial charge in [-0.2, -0.15) is 0 Å². The minimum absolute atomic E-state index is 0.232. The van der Waals surface area contributed by atoms with E-state index in [4.69, 9.17) is 4.84 Å². The third kappa shape index (κ3) is 1.89. The molecular weight excluding hydrogens is 224 g/mol. The highest BCUT2D eigenvalue weighted by atomic mass is 16.6. The van der Waals surface area contributed by atoms with Crippen LogP contribution in [0, 0.1) is 5.41 Å². The minimum Gasteiger partial charge on any atom is -0.385 e. The van der Waals surface area contributed by atoms with Gasteiger partial charge in [0.15, 0.2) is 0 Å². The summed E-state index contributed by atoms with van der Waals surface area (Å²) in [5, 5.41) is 3.54. The maximum atomic E-state index is 5.14. The molecule has 1 spiro atoms.